The molecule has 0 aromatic rings. The van der Waals surface area contributed by atoms with Crippen LogP contribution < -0.4 is 0 Å². The number of esters is 2. The van der Waals surface area contributed by atoms with Crippen LogP contribution in [0.2, 0.25) is 0 Å². The summed E-state index contributed by atoms with van der Waals surface area (Å²) in [5, 5.41) is 20.3. The Kier molecular flexibility index (Phi) is 9.72. The third-order valence-corrected chi connectivity index (χ3v) is 6.34. The van der Waals surface area contributed by atoms with Crippen molar-refractivity contribution in [3.63, 3.8) is 0 Å². The largest absolute Gasteiger partial charge is 0.460 e. The molecule has 0 spiro atoms. The average molecular weight is 399 g/mol. The van der Waals surface area contributed by atoms with Crippen LogP contribution in [0.25, 0.3) is 0 Å². The summed E-state index contributed by atoms with van der Waals surface area (Å²) in [5.74, 6) is 0.451. The van der Waals surface area contributed by atoms with E-state index in [4.69, 9.17) is 9.47 Å². The van der Waals surface area contributed by atoms with Crippen LogP contribution in [0.15, 0.2) is 0 Å². The van der Waals surface area contributed by atoms with Crippen molar-refractivity contribution in [2.45, 2.75) is 115 Å². The zero-order valence-corrected chi connectivity index (χ0v) is 17.5. The van der Waals surface area contributed by atoms with Gasteiger partial charge < -0.3 is 19.7 Å². The summed E-state index contributed by atoms with van der Waals surface area (Å²) in [4.78, 5) is 22.1. The first-order chi connectivity index (χ1) is 13.3. The van der Waals surface area contributed by atoms with E-state index in [2.05, 4.69) is 0 Å². The molecular formula is C22H38O6. The Labute approximate surface area is 169 Å². The number of unbranched alkanes of at least 4 members (excludes halogenated alkanes) is 3. The summed E-state index contributed by atoms with van der Waals surface area (Å²) < 4.78 is 10.3. The van der Waals surface area contributed by atoms with E-state index < -0.39 is 12.2 Å². The zero-order valence-electron chi connectivity index (χ0n) is 17.5. The van der Waals surface area contributed by atoms with Crippen LogP contribution in [-0.2, 0) is 19.1 Å². The molecule has 6 unspecified atom stereocenters. The van der Waals surface area contributed by atoms with E-state index in [0.717, 1.165) is 51.4 Å². The highest BCUT2D eigenvalue weighted by Gasteiger charge is 2.31. The van der Waals surface area contributed by atoms with Gasteiger partial charge in [-0.2, -0.15) is 0 Å². The maximum absolute atomic E-state index is 11.0. The number of carbonyl (C=O) groups excluding carboxylic acids is 2. The molecule has 0 heterocycles. The number of carbonyl (C=O) groups is 2. The summed E-state index contributed by atoms with van der Waals surface area (Å²) in [6.45, 7) is 2.79. The number of aliphatic hydroxyl groups is 2. The molecule has 0 aliphatic heterocycles. The van der Waals surface area contributed by atoms with Gasteiger partial charge >= 0.3 is 11.9 Å². The minimum Gasteiger partial charge on any atom is -0.460 e. The molecule has 0 bridgehead atoms. The Hall–Kier alpha value is -1.14. The summed E-state index contributed by atoms with van der Waals surface area (Å²) in [5.41, 5.74) is 0. The van der Waals surface area contributed by atoms with Gasteiger partial charge in [0.1, 0.15) is 12.2 Å². The van der Waals surface area contributed by atoms with Gasteiger partial charge in [-0.25, -0.2) is 0 Å². The Morgan fingerprint density at radius 1 is 0.714 bits per heavy atom. The molecule has 2 fully saturated rings. The van der Waals surface area contributed by atoms with Crippen molar-refractivity contribution < 1.29 is 29.3 Å². The molecule has 28 heavy (non-hydrogen) atoms. The lowest BCUT2D eigenvalue weighted by molar-refractivity contribution is -0.156. The quantitative estimate of drug-likeness (QED) is 0.456. The maximum atomic E-state index is 11.0. The fraction of sp³-hybridized carbons (Fsp3) is 0.909. The van der Waals surface area contributed by atoms with Gasteiger partial charge in [0.25, 0.3) is 0 Å². The molecule has 0 aromatic carbocycles. The number of aliphatic hydroxyl groups excluding tert-OH is 2. The van der Waals surface area contributed by atoms with Gasteiger partial charge in [-0.1, -0.05) is 38.5 Å². The average Bonchev–Trinajstić information content (AvgIpc) is 2.61. The molecular weight excluding hydrogens is 360 g/mol. The third kappa shape index (κ3) is 8.08. The molecule has 162 valence electrons. The molecule has 0 radical (unpaired) electrons. The monoisotopic (exact) mass is 398 g/mol. The van der Waals surface area contributed by atoms with Gasteiger partial charge in [0.2, 0.25) is 0 Å². The Balaban J connectivity index is 1.50. The highest BCUT2D eigenvalue weighted by atomic mass is 16.6. The van der Waals surface area contributed by atoms with Crippen LogP contribution in [0.1, 0.15) is 90.9 Å². The van der Waals surface area contributed by atoms with E-state index >= 15 is 0 Å². The van der Waals surface area contributed by atoms with E-state index in [0.29, 0.717) is 11.8 Å². The highest BCUT2D eigenvalue weighted by Crippen LogP contribution is 2.32. The van der Waals surface area contributed by atoms with Crippen molar-refractivity contribution in [1.29, 1.82) is 0 Å². The molecule has 0 amide bonds. The van der Waals surface area contributed by atoms with Crippen molar-refractivity contribution in [3.8, 4) is 0 Å². The van der Waals surface area contributed by atoms with Crippen molar-refractivity contribution in [2.24, 2.45) is 11.8 Å². The van der Waals surface area contributed by atoms with Crippen LogP contribution in [0.4, 0.5) is 0 Å². The minimum absolute atomic E-state index is 0.310. The summed E-state index contributed by atoms with van der Waals surface area (Å²) in [7, 11) is 0. The highest BCUT2D eigenvalue weighted by molar-refractivity contribution is 5.66. The normalized spacial score (nSPS) is 33.3. The summed E-state index contributed by atoms with van der Waals surface area (Å²) in [6, 6.07) is 0. The van der Waals surface area contributed by atoms with E-state index in [9.17, 15) is 19.8 Å². The van der Waals surface area contributed by atoms with Gasteiger partial charge in [-0.15, -0.1) is 0 Å². The molecule has 6 atom stereocenters. The first-order valence-corrected chi connectivity index (χ1v) is 11.1. The van der Waals surface area contributed by atoms with Crippen molar-refractivity contribution >= 4 is 11.9 Å². The first kappa shape index (κ1) is 23.1. The molecule has 2 N–H and O–H groups in total. The van der Waals surface area contributed by atoms with Gasteiger partial charge in [-0.3, -0.25) is 9.59 Å². The Bertz CT molecular complexity index is 449. The van der Waals surface area contributed by atoms with Crippen LogP contribution in [0.5, 0.6) is 0 Å². The fourth-order valence-electron chi connectivity index (χ4n) is 4.85. The van der Waals surface area contributed by atoms with Crippen molar-refractivity contribution in [3.05, 3.63) is 0 Å². The van der Waals surface area contributed by atoms with Crippen LogP contribution in [0, 0.1) is 11.8 Å². The summed E-state index contributed by atoms with van der Waals surface area (Å²) >= 11 is 0. The predicted octanol–water partition coefficient (Wildman–Crippen LogP) is 3.51. The molecule has 2 aliphatic rings. The van der Waals surface area contributed by atoms with Crippen molar-refractivity contribution in [1.82, 2.24) is 0 Å². The van der Waals surface area contributed by atoms with E-state index in [1.807, 2.05) is 0 Å². The van der Waals surface area contributed by atoms with Gasteiger partial charge in [0.05, 0.1) is 12.2 Å². The third-order valence-electron chi connectivity index (χ3n) is 6.34. The molecule has 2 aliphatic carbocycles. The number of hydrogen-bond donors (Lipinski definition) is 2. The van der Waals surface area contributed by atoms with Crippen LogP contribution >= 0.6 is 0 Å². The molecule has 6 heteroatoms. The van der Waals surface area contributed by atoms with Gasteiger partial charge in [0.15, 0.2) is 0 Å². The summed E-state index contributed by atoms with van der Waals surface area (Å²) in [6.07, 6.45) is 10.4. The molecule has 2 saturated carbocycles. The Morgan fingerprint density at radius 3 is 1.43 bits per heavy atom. The van der Waals surface area contributed by atoms with Gasteiger partial charge in [0, 0.05) is 13.8 Å². The fourth-order valence-corrected chi connectivity index (χ4v) is 4.85. The SMILES string of the molecule is CC(=O)OC1CCC(CCCCCCC2CCC(OC(C)=O)C(O)C2)CC1O. The van der Waals surface area contributed by atoms with E-state index in [1.165, 1.54) is 39.5 Å². The second-order valence-corrected chi connectivity index (χ2v) is 8.78. The number of rotatable bonds is 9. The smallest absolute Gasteiger partial charge is 0.302 e. The van der Waals surface area contributed by atoms with E-state index in [-0.39, 0.29) is 24.1 Å². The lowest BCUT2D eigenvalue weighted by atomic mass is 9.81. The first-order valence-electron chi connectivity index (χ1n) is 11.1. The van der Waals surface area contributed by atoms with Crippen molar-refractivity contribution in [2.75, 3.05) is 0 Å². The number of ether oxygens (including phenoxy) is 2. The predicted molar refractivity (Wildman–Crippen MR) is 106 cm³/mol. The molecule has 0 aromatic heterocycles. The standard InChI is InChI=1S/C22H38O6/c1-15(23)27-21-11-9-17(13-19(21)25)7-5-3-4-6-8-18-10-12-22(20(26)14-18)28-16(2)24/h17-22,25-26H,3-14H2,1-2H3. The van der Waals surface area contributed by atoms with Crippen LogP contribution in [-0.4, -0.2) is 46.6 Å². The lowest BCUT2D eigenvalue weighted by Crippen LogP contribution is -2.37. The Morgan fingerprint density at radius 2 is 1.11 bits per heavy atom. The number of hydrogen-bond acceptors (Lipinski definition) is 6. The maximum Gasteiger partial charge on any atom is 0.302 e. The molecule has 0 saturated heterocycles. The van der Waals surface area contributed by atoms with E-state index in [1.54, 1.807) is 0 Å². The second-order valence-electron chi connectivity index (χ2n) is 8.78. The topological polar surface area (TPSA) is 93.1 Å². The molecule has 6 nitrogen and oxygen atoms in total. The second kappa shape index (κ2) is 11.8. The minimum atomic E-state index is -0.517. The van der Waals surface area contributed by atoms with Crippen LogP contribution in [0.3, 0.4) is 0 Å². The lowest BCUT2D eigenvalue weighted by Gasteiger charge is -2.32. The zero-order chi connectivity index (χ0) is 20.5. The van der Waals surface area contributed by atoms with Gasteiger partial charge in [-0.05, 0) is 50.4 Å². The molecule has 2 rings (SSSR count).